The average Bonchev–Trinajstić information content (AvgIpc) is 2.35. The van der Waals surface area contributed by atoms with Gasteiger partial charge < -0.3 is 9.47 Å². The fourth-order valence-corrected chi connectivity index (χ4v) is 1.41. The number of carbonyl (C=O) groups excluding carboxylic acids is 1. The minimum atomic E-state index is -0.672. The lowest BCUT2D eigenvalue weighted by atomic mass is 10.2. The zero-order valence-corrected chi connectivity index (χ0v) is 11.0. The molecule has 1 aromatic carbocycles. The summed E-state index contributed by atoms with van der Waals surface area (Å²) in [7, 11) is 0. The Kier molecular flexibility index (Phi) is 6.62. The number of carbonyl (C=O) groups is 1. The van der Waals surface area contributed by atoms with Gasteiger partial charge in [0.1, 0.15) is 11.9 Å². The van der Waals surface area contributed by atoms with Crippen molar-refractivity contribution in [1.82, 2.24) is 0 Å². The fourth-order valence-electron chi connectivity index (χ4n) is 1.41. The predicted octanol–water partition coefficient (Wildman–Crippen LogP) is 4.34. The Balaban J connectivity index is 2.29. The van der Waals surface area contributed by atoms with Crippen molar-refractivity contribution in [1.29, 1.82) is 0 Å². The molecule has 18 heavy (non-hydrogen) atoms. The molecular formula is C15H20O3. The molecule has 0 spiro atoms. The molecule has 0 saturated heterocycles. The Morgan fingerprint density at radius 1 is 1.33 bits per heavy atom. The van der Waals surface area contributed by atoms with Crippen LogP contribution in [0.15, 0.2) is 42.5 Å². The van der Waals surface area contributed by atoms with Gasteiger partial charge in [0, 0.05) is 0 Å². The maximum Gasteiger partial charge on any atom is 0.514 e. The summed E-state index contributed by atoms with van der Waals surface area (Å²) in [4.78, 5) is 11.4. The summed E-state index contributed by atoms with van der Waals surface area (Å²) in [6.45, 7) is 3.96. The molecule has 0 N–H and O–H groups in total. The van der Waals surface area contributed by atoms with E-state index in [4.69, 9.17) is 9.47 Å². The zero-order chi connectivity index (χ0) is 13.2. The van der Waals surface area contributed by atoms with Crippen molar-refractivity contribution in [3.8, 4) is 5.75 Å². The van der Waals surface area contributed by atoms with Crippen LogP contribution in [0.2, 0.25) is 0 Å². The van der Waals surface area contributed by atoms with Crippen molar-refractivity contribution in [3.63, 3.8) is 0 Å². The van der Waals surface area contributed by atoms with Crippen molar-refractivity contribution in [2.45, 2.75) is 39.2 Å². The van der Waals surface area contributed by atoms with Crippen molar-refractivity contribution in [3.05, 3.63) is 42.5 Å². The maximum absolute atomic E-state index is 11.4. The molecule has 0 bridgehead atoms. The van der Waals surface area contributed by atoms with E-state index >= 15 is 0 Å². The third kappa shape index (κ3) is 6.09. The van der Waals surface area contributed by atoms with Crippen LogP contribution in [-0.2, 0) is 4.74 Å². The molecule has 1 unspecified atom stereocenters. The molecule has 0 fully saturated rings. The number of benzene rings is 1. The minimum Gasteiger partial charge on any atom is -0.427 e. The van der Waals surface area contributed by atoms with Gasteiger partial charge >= 0.3 is 6.16 Å². The summed E-state index contributed by atoms with van der Waals surface area (Å²) in [6.07, 6.45) is 6.30. The normalized spacial score (nSPS) is 12.3. The molecule has 98 valence electrons. The van der Waals surface area contributed by atoms with Crippen LogP contribution in [-0.4, -0.2) is 12.3 Å². The minimum absolute atomic E-state index is 0.266. The highest BCUT2D eigenvalue weighted by Crippen LogP contribution is 2.10. The molecule has 3 nitrogen and oxygen atoms in total. The number of unbranched alkanes of at least 4 members (excludes halogenated alkanes) is 2. The lowest BCUT2D eigenvalue weighted by molar-refractivity contribution is 0.0823. The molecular weight excluding hydrogens is 228 g/mol. The quantitative estimate of drug-likeness (QED) is 0.325. The maximum atomic E-state index is 11.4. The Bertz CT molecular complexity index is 371. The molecule has 3 heteroatoms. The van der Waals surface area contributed by atoms with Crippen molar-refractivity contribution in [2.75, 3.05) is 0 Å². The van der Waals surface area contributed by atoms with Crippen molar-refractivity contribution >= 4 is 6.16 Å². The van der Waals surface area contributed by atoms with E-state index in [1.807, 2.05) is 25.1 Å². The van der Waals surface area contributed by atoms with Crippen molar-refractivity contribution in [2.24, 2.45) is 0 Å². The molecule has 1 atom stereocenters. The molecule has 0 radical (unpaired) electrons. The van der Waals surface area contributed by atoms with Gasteiger partial charge in [0.05, 0.1) is 0 Å². The molecule has 0 aromatic heterocycles. The van der Waals surface area contributed by atoms with Gasteiger partial charge in [-0.15, -0.1) is 0 Å². The van der Waals surface area contributed by atoms with E-state index in [-0.39, 0.29) is 6.10 Å². The van der Waals surface area contributed by atoms with E-state index in [2.05, 4.69) is 6.92 Å². The van der Waals surface area contributed by atoms with Crippen molar-refractivity contribution < 1.29 is 14.3 Å². The van der Waals surface area contributed by atoms with Crippen LogP contribution in [0.4, 0.5) is 4.79 Å². The van der Waals surface area contributed by atoms with Crippen LogP contribution < -0.4 is 4.74 Å². The Labute approximate surface area is 108 Å². The number of rotatable bonds is 6. The highest BCUT2D eigenvalue weighted by molar-refractivity contribution is 5.64. The Hall–Kier alpha value is -1.77. The number of hydrogen-bond donors (Lipinski definition) is 0. The number of allylic oxidation sites excluding steroid dienone is 1. The third-order valence-electron chi connectivity index (χ3n) is 2.36. The fraction of sp³-hybridized carbons (Fsp3) is 0.400. The number of ether oxygens (including phenoxy) is 2. The van der Waals surface area contributed by atoms with Crippen LogP contribution in [0, 0.1) is 0 Å². The molecule has 0 aliphatic rings. The van der Waals surface area contributed by atoms with Crippen LogP contribution in [0.3, 0.4) is 0 Å². The van der Waals surface area contributed by atoms with E-state index in [1.54, 1.807) is 24.3 Å². The first-order chi connectivity index (χ1) is 8.72. The zero-order valence-electron chi connectivity index (χ0n) is 11.0. The topological polar surface area (TPSA) is 35.5 Å². The first-order valence-corrected chi connectivity index (χ1v) is 6.32. The second kappa shape index (κ2) is 8.34. The highest BCUT2D eigenvalue weighted by atomic mass is 16.7. The van der Waals surface area contributed by atoms with Gasteiger partial charge in [0.25, 0.3) is 0 Å². The molecule has 0 saturated carbocycles. The second-order valence-electron chi connectivity index (χ2n) is 4.06. The molecule has 1 aromatic rings. The van der Waals surface area contributed by atoms with E-state index in [9.17, 15) is 4.79 Å². The molecule has 0 amide bonds. The van der Waals surface area contributed by atoms with Crippen LogP contribution >= 0.6 is 0 Å². The lowest BCUT2D eigenvalue weighted by Crippen LogP contribution is -2.16. The van der Waals surface area contributed by atoms with E-state index in [1.165, 1.54) is 0 Å². The van der Waals surface area contributed by atoms with Gasteiger partial charge in [-0.25, -0.2) is 4.79 Å². The van der Waals surface area contributed by atoms with Gasteiger partial charge in [0.2, 0.25) is 0 Å². The Morgan fingerprint density at radius 2 is 2.06 bits per heavy atom. The Morgan fingerprint density at radius 3 is 2.72 bits per heavy atom. The molecule has 0 heterocycles. The molecule has 0 aliphatic heterocycles. The first-order valence-electron chi connectivity index (χ1n) is 6.32. The van der Waals surface area contributed by atoms with Gasteiger partial charge in [-0.3, -0.25) is 0 Å². The van der Waals surface area contributed by atoms with Crippen LogP contribution in [0.25, 0.3) is 0 Å². The second-order valence-corrected chi connectivity index (χ2v) is 4.06. The van der Waals surface area contributed by atoms with Gasteiger partial charge in [-0.2, -0.15) is 0 Å². The first kappa shape index (κ1) is 14.3. The summed E-state index contributed by atoms with van der Waals surface area (Å²) in [5.41, 5.74) is 0. The highest BCUT2D eigenvalue weighted by Gasteiger charge is 2.08. The molecule has 1 rings (SSSR count). The van der Waals surface area contributed by atoms with E-state index in [0.717, 1.165) is 19.3 Å². The number of hydrogen-bond acceptors (Lipinski definition) is 3. The van der Waals surface area contributed by atoms with Crippen LogP contribution in [0.1, 0.15) is 33.1 Å². The standard InChI is InChI=1S/C15H20O3/c1-3-4-5-7-10-13(2)17-15(16)18-14-11-8-6-9-12-14/h6-13H,3-5H2,1-2H3/b10-7+. The summed E-state index contributed by atoms with van der Waals surface area (Å²) < 4.78 is 10.1. The van der Waals surface area contributed by atoms with Gasteiger partial charge in [-0.05, 0) is 31.6 Å². The summed E-state index contributed by atoms with van der Waals surface area (Å²) in [5.74, 6) is 0.490. The number of para-hydroxylation sites is 1. The average molecular weight is 248 g/mol. The van der Waals surface area contributed by atoms with E-state index in [0.29, 0.717) is 5.75 Å². The van der Waals surface area contributed by atoms with Crippen LogP contribution in [0.5, 0.6) is 5.75 Å². The monoisotopic (exact) mass is 248 g/mol. The third-order valence-corrected chi connectivity index (χ3v) is 2.36. The SMILES string of the molecule is CCCC/C=C/C(C)OC(=O)Oc1ccccc1. The largest absolute Gasteiger partial charge is 0.514 e. The smallest absolute Gasteiger partial charge is 0.427 e. The molecule has 0 aliphatic carbocycles. The summed E-state index contributed by atoms with van der Waals surface area (Å²) >= 11 is 0. The van der Waals surface area contributed by atoms with E-state index < -0.39 is 6.16 Å². The summed E-state index contributed by atoms with van der Waals surface area (Å²) in [5, 5.41) is 0. The van der Waals surface area contributed by atoms with Gasteiger partial charge in [0.15, 0.2) is 0 Å². The predicted molar refractivity (Wildman–Crippen MR) is 71.7 cm³/mol. The van der Waals surface area contributed by atoms with Gasteiger partial charge in [-0.1, -0.05) is 44.0 Å². The summed E-state index contributed by atoms with van der Waals surface area (Å²) in [6, 6.07) is 8.89. The lowest BCUT2D eigenvalue weighted by Gasteiger charge is -2.09.